The molecule has 2 N–H and O–H groups in total. The second-order valence-corrected chi connectivity index (χ2v) is 7.91. The predicted octanol–water partition coefficient (Wildman–Crippen LogP) is 3.97. The Morgan fingerprint density at radius 3 is 2.21 bits per heavy atom. The first-order valence-corrected chi connectivity index (χ1v) is 10.5. The Morgan fingerprint density at radius 2 is 1.64 bits per heavy atom. The lowest BCUT2D eigenvalue weighted by molar-refractivity contribution is -0.384. The van der Waals surface area contributed by atoms with Gasteiger partial charge < -0.3 is 15.1 Å². The number of non-ortho nitro benzene ring substituents is 1. The Hall–Kier alpha value is -4.01. The van der Waals surface area contributed by atoms with Crippen molar-refractivity contribution in [2.45, 2.75) is 38.6 Å². The molecule has 172 valence electrons. The van der Waals surface area contributed by atoms with Gasteiger partial charge >= 0.3 is 5.97 Å². The molecule has 3 rings (SSSR count). The van der Waals surface area contributed by atoms with Crippen LogP contribution < -0.4 is 0 Å². The van der Waals surface area contributed by atoms with E-state index in [4.69, 9.17) is 5.11 Å². The van der Waals surface area contributed by atoms with E-state index in [1.807, 2.05) is 19.1 Å². The number of carbonyl (C=O) groups is 3. The van der Waals surface area contributed by atoms with E-state index in [0.717, 1.165) is 5.56 Å². The minimum Gasteiger partial charge on any atom is -0.507 e. The largest absolute Gasteiger partial charge is 0.507 e. The van der Waals surface area contributed by atoms with Gasteiger partial charge in [0.1, 0.15) is 5.76 Å². The lowest BCUT2D eigenvalue weighted by Gasteiger charge is -2.25. The number of ketones is 1. The predicted molar refractivity (Wildman–Crippen MR) is 119 cm³/mol. The van der Waals surface area contributed by atoms with Crippen molar-refractivity contribution in [1.29, 1.82) is 0 Å². The number of aliphatic carboxylic acids is 1. The topological polar surface area (TPSA) is 138 Å². The molecular formula is C24H24N2O7. The third-order valence-corrected chi connectivity index (χ3v) is 5.57. The van der Waals surface area contributed by atoms with Gasteiger partial charge in [0.2, 0.25) is 0 Å². The minimum atomic E-state index is -0.891. The molecule has 33 heavy (non-hydrogen) atoms. The average Bonchev–Trinajstić information content (AvgIpc) is 3.03. The molecule has 1 aliphatic rings. The van der Waals surface area contributed by atoms with Crippen molar-refractivity contribution in [1.82, 2.24) is 4.90 Å². The molecule has 9 nitrogen and oxygen atoms in total. The highest BCUT2D eigenvalue weighted by Crippen LogP contribution is 2.39. The molecule has 1 atom stereocenters. The number of nitrogens with zero attached hydrogens (tertiary/aromatic N) is 2. The summed E-state index contributed by atoms with van der Waals surface area (Å²) in [5, 5.41) is 30.7. The SMILES string of the molecule is Cc1ccc(C2/C(=C(/O)c3ccc([N+](=O)[O-])cc3)C(=O)C(=O)N2CCCCCC(=O)O)cc1. The van der Waals surface area contributed by atoms with E-state index in [0.29, 0.717) is 24.8 Å². The van der Waals surface area contributed by atoms with Crippen LogP contribution >= 0.6 is 0 Å². The molecule has 0 spiro atoms. The highest BCUT2D eigenvalue weighted by atomic mass is 16.6. The summed E-state index contributed by atoms with van der Waals surface area (Å²) in [4.78, 5) is 48.3. The number of amides is 1. The molecule has 2 aromatic carbocycles. The molecule has 1 saturated heterocycles. The summed E-state index contributed by atoms with van der Waals surface area (Å²) in [6.07, 6.45) is 1.55. The number of hydrogen-bond donors (Lipinski definition) is 2. The minimum absolute atomic E-state index is 0.0281. The van der Waals surface area contributed by atoms with Crippen molar-refractivity contribution >= 4 is 29.1 Å². The molecular weight excluding hydrogens is 428 g/mol. The lowest BCUT2D eigenvalue weighted by atomic mass is 9.94. The Labute approximate surface area is 190 Å². The molecule has 1 unspecified atom stereocenters. The molecule has 1 fully saturated rings. The van der Waals surface area contributed by atoms with Crippen molar-refractivity contribution in [3.63, 3.8) is 0 Å². The number of hydrogen-bond acceptors (Lipinski definition) is 6. The van der Waals surface area contributed by atoms with Gasteiger partial charge in [-0.2, -0.15) is 0 Å². The number of aryl methyl sites for hydroxylation is 1. The van der Waals surface area contributed by atoms with Gasteiger partial charge in [-0.25, -0.2) is 0 Å². The number of aliphatic hydroxyl groups is 1. The van der Waals surface area contributed by atoms with Gasteiger partial charge in [-0.15, -0.1) is 0 Å². The second kappa shape index (κ2) is 10.1. The molecule has 1 heterocycles. The third-order valence-electron chi connectivity index (χ3n) is 5.57. The molecule has 9 heteroatoms. The number of carboxylic acid groups (broad SMARTS) is 1. The van der Waals surface area contributed by atoms with Gasteiger partial charge in [0.05, 0.1) is 16.5 Å². The molecule has 1 aliphatic heterocycles. The summed E-state index contributed by atoms with van der Waals surface area (Å²) < 4.78 is 0. The van der Waals surface area contributed by atoms with Crippen molar-refractivity contribution in [2.75, 3.05) is 6.54 Å². The zero-order valence-corrected chi connectivity index (χ0v) is 18.1. The number of aliphatic hydroxyl groups excluding tert-OH is 1. The summed E-state index contributed by atoms with van der Waals surface area (Å²) in [5.74, 6) is -2.87. The van der Waals surface area contributed by atoms with Crippen molar-refractivity contribution in [3.05, 3.63) is 80.9 Å². The zero-order valence-electron chi connectivity index (χ0n) is 18.1. The quantitative estimate of drug-likeness (QED) is 0.147. The fourth-order valence-electron chi connectivity index (χ4n) is 3.84. The summed E-state index contributed by atoms with van der Waals surface area (Å²) in [6, 6.07) is 11.5. The second-order valence-electron chi connectivity index (χ2n) is 7.91. The van der Waals surface area contributed by atoms with E-state index in [1.54, 1.807) is 12.1 Å². The summed E-state index contributed by atoms with van der Waals surface area (Å²) in [6.45, 7) is 2.12. The van der Waals surface area contributed by atoms with Crippen LogP contribution in [0.1, 0.15) is 48.4 Å². The average molecular weight is 452 g/mol. The van der Waals surface area contributed by atoms with E-state index in [-0.39, 0.29) is 29.8 Å². The maximum Gasteiger partial charge on any atom is 0.303 e. The number of benzene rings is 2. The van der Waals surface area contributed by atoms with Gasteiger partial charge in [0.15, 0.2) is 0 Å². The van der Waals surface area contributed by atoms with Gasteiger partial charge in [-0.1, -0.05) is 36.2 Å². The summed E-state index contributed by atoms with van der Waals surface area (Å²) >= 11 is 0. The van der Waals surface area contributed by atoms with Crippen molar-refractivity contribution < 1.29 is 29.5 Å². The molecule has 2 aromatic rings. The molecule has 0 aromatic heterocycles. The van der Waals surface area contributed by atoms with Gasteiger partial charge in [0, 0.05) is 30.7 Å². The van der Waals surface area contributed by atoms with Crippen LogP contribution in [-0.2, 0) is 14.4 Å². The Bertz CT molecular complexity index is 1100. The third kappa shape index (κ3) is 5.25. The van der Waals surface area contributed by atoms with Crippen LogP contribution in [0.25, 0.3) is 5.76 Å². The number of nitro groups is 1. The van der Waals surface area contributed by atoms with Gasteiger partial charge in [-0.3, -0.25) is 24.5 Å². The monoisotopic (exact) mass is 452 g/mol. The first-order chi connectivity index (χ1) is 15.7. The number of Topliss-reactive ketones (excluding diaryl/α,β-unsaturated/α-hetero) is 1. The highest BCUT2D eigenvalue weighted by Gasteiger charge is 2.45. The normalized spacial score (nSPS) is 17.4. The number of carboxylic acids is 1. The standard InChI is InChI=1S/C24H24N2O7/c1-15-6-8-16(9-7-15)21-20(22(29)17-10-12-18(13-11-17)26(32)33)23(30)24(31)25(21)14-4-2-3-5-19(27)28/h6-13,21,29H,2-5,14H2,1H3,(H,27,28)/b22-20-. The molecule has 0 aliphatic carbocycles. The Balaban J connectivity index is 1.97. The van der Waals surface area contributed by atoms with Crippen LogP contribution in [0.5, 0.6) is 0 Å². The van der Waals surface area contributed by atoms with E-state index >= 15 is 0 Å². The number of nitro benzene ring substituents is 1. The summed E-state index contributed by atoms with van der Waals surface area (Å²) in [7, 11) is 0. The smallest absolute Gasteiger partial charge is 0.303 e. The fourth-order valence-corrected chi connectivity index (χ4v) is 3.84. The van der Waals surface area contributed by atoms with E-state index < -0.39 is 34.4 Å². The number of rotatable bonds is 9. The highest BCUT2D eigenvalue weighted by molar-refractivity contribution is 6.46. The maximum atomic E-state index is 12.9. The molecule has 0 bridgehead atoms. The van der Waals surface area contributed by atoms with Crippen LogP contribution in [0.2, 0.25) is 0 Å². The number of likely N-dealkylation sites (tertiary alicyclic amines) is 1. The Kier molecular flexibility index (Phi) is 7.22. The fraction of sp³-hybridized carbons (Fsp3) is 0.292. The van der Waals surface area contributed by atoms with Crippen molar-refractivity contribution in [3.8, 4) is 0 Å². The first-order valence-electron chi connectivity index (χ1n) is 10.5. The van der Waals surface area contributed by atoms with Crippen LogP contribution in [-0.4, -0.2) is 44.2 Å². The van der Waals surface area contributed by atoms with Crippen LogP contribution in [0.3, 0.4) is 0 Å². The molecule has 1 amide bonds. The summed E-state index contributed by atoms with van der Waals surface area (Å²) in [5.41, 5.74) is 1.58. The molecule has 0 radical (unpaired) electrons. The zero-order chi connectivity index (χ0) is 24.1. The van der Waals surface area contributed by atoms with E-state index in [1.165, 1.54) is 29.2 Å². The van der Waals surface area contributed by atoms with Gasteiger partial charge in [0.25, 0.3) is 17.4 Å². The lowest BCUT2D eigenvalue weighted by Crippen LogP contribution is -2.30. The van der Waals surface area contributed by atoms with Gasteiger partial charge in [-0.05, 0) is 37.5 Å². The van der Waals surface area contributed by atoms with Crippen LogP contribution in [0, 0.1) is 17.0 Å². The van der Waals surface area contributed by atoms with Crippen LogP contribution in [0.4, 0.5) is 5.69 Å². The van der Waals surface area contributed by atoms with Crippen molar-refractivity contribution in [2.24, 2.45) is 0 Å². The number of carbonyl (C=O) groups excluding carboxylic acids is 2. The Morgan fingerprint density at radius 1 is 1.00 bits per heavy atom. The first kappa shape index (κ1) is 23.6. The number of unbranched alkanes of at least 4 members (excludes halogenated alkanes) is 2. The maximum absolute atomic E-state index is 12.9. The molecule has 0 saturated carbocycles. The van der Waals surface area contributed by atoms with Crippen LogP contribution in [0.15, 0.2) is 54.1 Å². The van der Waals surface area contributed by atoms with E-state index in [2.05, 4.69) is 0 Å². The van der Waals surface area contributed by atoms with E-state index in [9.17, 15) is 29.6 Å².